The van der Waals surface area contributed by atoms with Crippen molar-refractivity contribution in [3.8, 4) is 11.5 Å². The molecule has 0 aliphatic carbocycles. The lowest BCUT2D eigenvalue weighted by atomic mass is 9.77. The van der Waals surface area contributed by atoms with Gasteiger partial charge in [-0.1, -0.05) is 51.1 Å². The molecule has 0 radical (unpaired) electrons. The van der Waals surface area contributed by atoms with Crippen molar-refractivity contribution in [2.45, 2.75) is 59.5 Å². The average molecular weight is 561 g/mol. The Balaban J connectivity index is 1.48. The molecule has 1 unspecified atom stereocenters. The SMILES string of the molecule is CCCN(CCCC(C)C)c1ccc2c(c1)Oc1cc(C)c(Nc3cccc(C)c3)cc1C21OC(=O)c2ccccc21. The lowest BCUT2D eigenvalue weighted by Crippen LogP contribution is -2.33. The van der Waals surface area contributed by atoms with Crippen molar-refractivity contribution in [2.75, 3.05) is 23.3 Å². The number of fused-ring (bicyclic) bond motifs is 6. The molecule has 2 aliphatic heterocycles. The summed E-state index contributed by atoms with van der Waals surface area (Å²) in [5.74, 6) is 1.80. The lowest BCUT2D eigenvalue weighted by molar-refractivity contribution is 0.0224. The number of anilines is 3. The number of hydrogen-bond donors (Lipinski definition) is 1. The van der Waals surface area contributed by atoms with Crippen LogP contribution in [0.2, 0.25) is 0 Å². The Labute approximate surface area is 249 Å². The number of nitrogens with one attached hydrogen (secondary N) is 1. The van der Waals surface area contributed by atoms with Crippen LogP contribution in [-0.2, 0) is 10.3 Å². The van der Waals surface area contributed by atoms with Gasteiger partial charge in [-0.25, -0.2) is 4.79 Å². The standard InChI is InChI=1S/C37H40N2O3/c1-6-18-39(19-10-11-24(2)3)28-16-17-31-35(22-28)41-34-21-26(5)33(38-27-13-9-12-25(4)20-27)23-32(34)37(31)30-15-8-7-14-29(30)36(40)42-37/h7-9,12-17,20-24,38H,6,10-11,18-19H2,1-5H3. The number of carbonyl (C=O) groups is 1. The third-order valence-electron chi connectivity index (χ3n) is 8.41. The average Bonchev–Trinajstić information content (AvgIpc) is 3.26. The highest BCUT2D eigenvalue weighted by Crippen LogP contribution is 2.57. The fraction of sp³-hybridized carbons (Fsp3) is 0.324. The molecular formula is C37H40N2O3. The number of benzene rings is 4. The minimum Gasteiger partial charge on any atom is -0.456 e. The topological polar surface area (TPSA) is 50.8 Å². The van der Waals surface area contributed by atoms with Crippen LogP contribution in [0.25, 0.3) is 0 Å². The van der Waals surface area contributed by atoms with Crippen LogP contribution in [0.5, 0.6) is 11.5 Å². The fourth-order valence-electron chi connectivity index (χ4n) is 6.35. The highest BCUT2D eigenvalue weighted by atomic mass is 16.6. The van der Waals surface area contributed by atoms with E-state index in [-0.39, 0.29) is 5.97 Å². The predicted molar refractivity (Wildman–Crippen MR) is 170 cm³/mol. The van der Waals surface area contributed by atoms with Gasteiger partial charge in [0, 0.05) is 52.9 Å². The van der Waals surface area contributed by atoms with E-state index in [1.807, 2.05) is 30.3 Å². The Bertz CT molecular complexity index is 1640. The van der Waals surface area contributed by atoms with E-state index in [0.29, 0.717) is 17.2 Å². The first-order valence-corrected chi connectivity index (χ1v) is 15.2. The maximum absolute atomic E-state index is 13.4. The van der Waals surface area contributed by atoms with Gasteiger partial charge in [-0.3, -0.25) is 0 Å². The van der Waals surface area contributed by atoms with Crippen LogP contribution >= 0.6 is 0 Å². The van der Waals surface area contributed by atoms with E-state index in [1.54, 1.807) is 0 Å². The minimum atomic E-state index is -1.10. The normalized spacial score (nSPS) is 16.5. The number of rotatable bonds is 9. The Hall–Kier alpha value is -4.25. The van der Waals surface area contributed by atoms with Gasteiger partial charge >= 0.3 is 5.97 Å². The Kier molecular flexibility index (Phi) is 7.44. The van der Waals surface area contributed by atoms with Crippen LogP contribution in [0.15, 0.2) is 78.9 Å². The summed E-state index contributed by atoms with van der Waals surface area (Å²) < 4.78 is 13.1. The first kappa shape index (κ1) is 27.9. The van der Waals surface area contributed by atoms with Crippen LogP contribution < -0.4 is 15.0 Å². The van der Waals surface area contributed by atoms with Crippen LogP contribution in [0, 0.1) is 19.8 Å². The molecular weight excluding hydrogens is 520 g/mol. The molecule has 2 aliphatic rings. The summed E-state index contributed by atoms with van der Waals surface area (Å²) in [6, 6.07) is 26.6. The lowest BCUT2D eigenvalue weighted by Gasteiger charge is -2.38. The van der Waals surface area contributed by atoms with Crippen LogP contribution in [-0.4, -0.2) is 19.1 Å². The van der Waals surface area contributed by atoms with Gasteiger partial charge in [0.15, 0.2) is 5.60 Å². The predicted octanol–water partition coefficient (Wildman–Crippen LogP) is 9.27. The number of carbonyl (C=O) groups excluding carboxylic acids is 1. The summed E-state index contributed by atoms with van der Waals surface area (Å²) in [6.07, 6.45) is 3.40. The van der Waals surface area contributed by atoms with Gasteiger partial charge in [-0.15, -0.1) is 0 Å². The molecule has 0 saturated heterocycles. The summed E-state index contributed by atoms with van der Waals surface area (Å²) in [4.78, 5) is 15.8. The molecule has 6 rings (SSSR count). The second-order valence-corrected chi connectivity index (χ2v) is 12.1. The van der Waals surface area contributed by atoms with Crippen molar-refractivity contribution in [2.24, 2.45) is 5.92 Å². The number of nitrogens with zero attached hydrogens (tertiary/aromatic N) is 1. The minimum absolute atomic E-state index is 0.316. The Morgan fingerprint density at radius 2 is 1.67 bits per heavy atom. The molecule has 0 bridgehead atoms. The quantitative estimate of drug-likeness (QED) is 0.207. The number of esters is 1. The zero-order valence-corrected chi connectivity index (χ0v) is 25.3. The monoisotopic (exact) mass is 560 g/mol. The van der Waals surface area contributed by atoms with Crippen LogP contribution in [0.3, 0.4) is 0 Å². The molecule has 42 heavy (non-hydrogen) atoms. The Morgan fingerprint density at radius 1 is 0.857 bits per heavy atom. The third kappa shape index (κ3) is 4.91. The molecule has 4 aromatic carbocycles. The van der Waals surface area contributed by atoms with Crippen LogP contribution in [0.1, 0.15) is 78.2 Å². The molecule has 1 N–H and O–H groups in total. The van der Waals surface area contributed by atoms with E-state index in [2.05, 4.69) is 93.4 Å². The van der Waals surface area contributed by atoms with Crippen molar-refractivity contribution in [3.05, 3.63) is 112 Å². The number of ether oxygens (including phenoxy) is 2. The van der Waals surface area contributed by atoms with Gasteiger partial charge < -0.3 is 19.7 Å². The summed E-state index contributed by atoms with van der Waals surface area (Å²) in [7, 11) is 0. The van der Waals surface area contributed by atoms with Gasteiger partial charge in [-0.2, -0.15) is 0 Å². The van der Waals surface area contributed by atoms with Gasteiger partial charge in [-0.05, 0) is 92.6 Å². The highest BCUT2D eigenvalue weighted by Gasteiger charge is 2.53. The molecule has 0 saturated carbocycles. The molecule has 1 atom stereocenters. The summed E-state index contributed by atoms with van der Waals surface area (Å²) in [5, 5.41) is 3.59. The van der Waals surface area contributed by atoms with Crippen molar-refractivity contribution >= 4 is 23.0 Å². The summed E-state index contributed by atoms with van der Waals surface area (Å²) in [5.41, 5.74) is 7.32. The summed E-state index contributed by atoms with van der Waals surface area (Å²) in [6.45, 7) is 12.9. The first-order valence-electron chi connectivity index (χ1n) is 15.2. The smallest absolute Gasteiger partial charge is 0.340 e. The second kappa shape index (κ2) is 11.2. The third-order valence-corrected chi connectivity index (χ3v) is 8.41. The van der Waals surface area contributed by atoms with Gasteiger partial charge in [0.2, 0.25) is 0 Å². The fourth-order valence-corrected chi connectivity index (χ4v) is 6.35. The van der Waals surface area contributed by atoms with E-state index in [1.165, 1.54) is 12.0 Å². The molecule has 0 aromatic heterocycles. The highest BCUT2D eigenvalue weighted by molar-refractivity contribution is 5.97. The van der Waals surface area contributed by atoms with Gasteiger partial charge in [0.1, 0.15) is 11.5 Å². The Morgan fingerprint density at radius 3 is 2.45 bits per heavy atom. The number of hydrogen-bond acceptors (Lipinski definition) is 5. The number of aryl methyl sites for hydroxylation is 2. The van der Waals surface area contributed by atoms with Gasteiger partial charge in [0.25, 0.3) is 0 Å². The zero-order valence-electron chi connectivity index (χ0n) is 25.3. The molecule has 0 fully saturated rings. The van der Waals surface area contributed by atoms with Crippen molar-refractivity contribution in [1.82, 2.24) is 0 Å². The van der Waals surface area contributed by atoms with Crippen LogP contribution in [0.4, 0.5) is 17.1 Å². The zero-order chi connectivity index (χ0) is 29.4. The molecule has 1 spiro atoms. The molecule has 4 aromatic rings. The maximum atomic E-state index is 13.4. The molecule has 5 heteroatoms. The van der Waals surface area contributed by atoms with E-state index in [9.17, 15) is 4.79 Å². The molecule has 216 valence electrons. The summed E-state index contributed by atoms with van der Waals surface area (Å²) >= 11 is 0. The van der Waals surface area contributed by atoms with Gasteiger partial charge in [0.05, 0.1) is 5.56 Å². The van der Waals surface area contributed by atoms with Crippen molar-refractivity contribution < 1.29 is 14.3 Å². The molecule has 0 amide bonds. The van der Waals surface area contributed by atoms with Crippen molar-refractivity contribution in [3.63, 3.8) is 0 Å². The first-order chi connectivity index (χ1) is 20.3. The molecule has 5 nitrogen and oxygen atoms in total. The van der Waals surface area contributed by atoms with E-state index < -0.39 is 5.60 Å². The van der Waals surface area contributed by atoms with E-state index in [4.69, 9.17) is 9.47 Å². The largest absolute Gasteiger partial charge is 0.456 e. The second-order valence-electron chi connectivity index (χ2n) is 12.1. The van der Waals surface area contributed by atoms with E-state index in [0.717, 1.165) is 71.0 Å². The molecule has 2 heterocycles. The van der Waals surface area contributed by atoms with Crippen molar-refractivity contribution in [1.29, 1.82) is 0 Å². The van der Waals surface area contributed by atoms with E-state index >= 15 is 0 Å². The maximum Gasteiger partial charge on any atom is 0.340 e.